The average molecular weight is 270 g/mol. The van der Waals surface area contributed by atoms with Gasteiger partial charge in [0.05, 0.1) is 13.2 Å². The first-order chi connectivity index (χ1) is 9.83. The first kappa shape index (κ1) is 11.5. The zero-order chi connectivity index (χ0) is 13.5. The third-order valence-corrected chi connectivity index (χ3v) is 3.53. The molecule has 2 N–H and O–H groups in total. The summed E-state index contributed by atoms with van der Waals surface area (Å²) in [6.45, 7) is 2.93. The van der Waals surface area contributed by atoms with Gasteiger partial charge in [0, 0.05) is 18.5 Å². The third kappa shape index (κ3) is 1.69. The third-order valence-electron chi connectivity index (χ3n) is 3.53. The van der Waals surface area contributed by atoms with E-state index in [0.29, 0.717) is 18.8 Å². The van der Waals surface area contributed by atoms with Gasteiger partial charge in [0.15, 0.2) is 11.4 Å². The summed E-state index contributed by atoms with van der Waals surface area (Å²) in [4.78, 5) is 10.8. The fourth-order valence-corrected chi connectivity index (χ4v) is 2.58. The van der Waals surface area contributed by atoms with E-state index in [2.05, 4.69) is 14.9 Å². The molecule has 0 saturated carbocycles. The second kappa shape index (κ2) is 4.35. The van der Waals surface area contributed by atoms with Crippen LogP contribution in [0.4, 0.5) is 11.8 Å². The minimum absolute atomic E-state index is 0.269. The molecule has 0 atom stereocenters. The van der Waals surface area contributed by atoms with Crippen LogP contribution >= 0.6 is 0 Å². The Labute approximate surface area is 115 Å². The summed E-state index contributed by atoms with van der Waals surface area (Å²) in [6, 6.07) is 7.81. The van der Waals surface area contributed by atoms with Crippen LogP contribution < -0.4 is 10.6 Å². The molecule has 0 aliphatic carbocycles. The summed E-state index contributed by atoms with van der Waals surface area (Å²) in [6.07, 6.45) is 0. The fraction of sp³-hybridized carbons (Fsp3) is 0.286. The lowest BCUT2D eigenvalue weighted by Gasteiger charge is -2.27. The van der Waals surface area contributed by atoms with Crippen molar-refractivity contribution in [3.63, 3.8) is 0 Å². The largest absolute Gasteiger partial charge is 0.450 e. The summed E-state index contributed by atoms with van der Waals surface area (Å²) in [7, 11) is 0. The molecule has 2 aromatic heterocycles. The second-order valence-corrected chi connectivity index (χ2v) is 4.78. The van der Waals surface area contributed by atoms with E-state index in [1.54, 1.807) is 0 Å². The number of aromatic nitrogens is 2. The predicted molar refractivity (Wildman–Crippen MR) is 76.8 cm³/mol. The summed E-state index contributed by atoms with van der Waals surface area (Å²) >= 11 is 0. The predicted octanol–water partition coefficient (Wildman–Crippen LogP) is 1.79. The molecule has 0 unspecified atom stereocenters. The summed E-state index contributed by atoms with van der Waals surface area (Å²) in [5.74, 6) is 1.03. The quantitative estimate of drug-likeness (QED) is 0.726. The number of nitrogens with two attached hydrogens (primary N) is 1. The highest BCUT2D eigenvalue weighted by molar-refractivity contribution is 6.06. The first-order valence-electron chi connectivity index (χ1n) is 6.60. The Morgan fingerprint density at radius 3 is 2.75 bits per heavy atom. The minimum Gasteiger partial charge on any atom is -0.450 e. The van der Waals surface area contributed by atoms with E-state index in [-0.39, 0.29) is 5.95 Å². The molecule has 20 heavy (non-hydrogen) atoms. The van der Waals surface area contributed by atoms with Crippen LogP contribution in [0, 0.1) is 0 Å². The van der Waals surface area contributed by atoms with Crippen LogP contribution in [0.25, 0.3) is 22.1 Å². The molecule has 4 rings (SSSR count). The summed E-state index contributed by atoms with van der Waals surface area (Å²) in [5.41, 5.74) is 8.13. The number of anilines is 2. The highest BCUT2D eigenvalue weighted by atomic mass is 16.5. The van der Waals surface area contributed by atoms with Gasteiger partial charge in [0.1, 0.15) is 11.1 Å². The second-order valence-electron chi connectivity index (χ2n) is 4.78. The molecule has 3 heterocycles. The van der Waals surface area contributed by atoms with Gasteiger partial charge in [-0.05, 0) is 12.1 Å². The van der Waals surface area contributed by atoms with Gasteiger partial charge in [-0.15, -0.1) is 0 Å². The number of fused-ring (bicyclic) bond motifs is 3. The molecule has 0 bridgehead atoms. The molecular formula is C14H14N4O2. The van der Waals surface area contributed by atoms with Crippen molar-refractivity contribution in [3.8, 4) is 0 Å². The molecule has 6 nitrogen and oxygen atoms in total. The van der Waals surface area contributed by atoms with Crippen molar-refractivity contribution in [2.75, 3.05) is 36.9 Å². The van der Waals surface area contributed by atoms with Gasteiger partial charge in [0.2, 0.25) is 5.95 Å². The lowest BCUT2D eigenvalue weighted by molar-refractivity contribution is 0.122. The zero-order valence-electron chi connectivity index (χ0n) is 10.9. The SMILES string of the molecule is Nc1nc(N2CCOCC2)c2oc3ccccc3c2n1. The molecule has 1 fully saturated rings. The summed E-state index contributed by atoms with van der Waals surface area (Å²) in [5, 5.41) is 0.964. The van der Waals surface area contributed by atoms with E-state index in [1.807, 2.05) is 24.3 Å². The molecule has 1 saturated heterocycles. The van der Waals surface area contributed by atoms with Crippen LogP contribution in [0.1, 0.15) is 0 Å². The molecule has 1 aliphatic heterocycles. The molecule has 1 aliphatic rings. The first-order valence-corrected chi connectivity index (χ1v) is 6.60. The molecule has 0 amide bonds. The van der Waals surface area contributed by atoms with E-state index >= 15 is 0 Å². The smallest absolute Gasteiger partial charge is 0.222 e. The van der Waals surface area contributed by atoms with Gasteiger partial charge in [-0.2, -0.15) is 4.98 Å². The normalized spacial score (nSPS) is 16.1. The van der Waals surface area contributed by atoms with E-state index in [1.165, 1.54) is 0 Å². The lowest BCUT2D eigenvalue weighted by Crippen LogP contribution is -2.37. The molecule has 0 radical (unpaired) electrons. The number of hydrogen-bond donors (Lipinski definition) is 1. The van der Waals surface area contributed by atoms with E-state index in [0.717, 1.165) is 35.4 Å². The molecule has 0 spiro atoms. The van der Waals surface area contributed by atoms with Gasteiger partial charge >= 0.3 is 0 Å². The Kier molecular flexibility index (Phi) is 2.50. The number of nitrogens with zero attached hydrogens (tertiary/aromatic N) is 3. The standard InChI is InChI=1S/C14H14N4O2/c15-14-16-11-9-3-1-2-4-10(9)20-12(11)13(17-14)18-5-7-19-8-6-18/h1-4H,5-8H2,(H2,15,16,17). The number of ether oxygens (including phenoxy) is 1. The lowest BCUT2D eigenvalue weighted by atomic mass is 10.2. The average Bonchev–Trinajstić information content (AvgIpc) is 2.86. The van der Waals surface area contributed by atoms with Crippen LogP contribution in [0.5, 0.6) is 0 Å². The highest BCUT2D eigenvalue weighted by Crippen LogP contribution is 2.33. The van der Waals surface area contributed by atoms with Crippen LogP contribution in [0.2, 0.25) is 0 Å². The fourth-order valence-electron chi connectivity index (χ4n) is 2.58. The van der Waals surface area contributed by atoms with Crippen molar-refractivity contribution < 1.29 is 9.15 Å². The Morgan fingerprint density at radius 2 is 1.90 bits per heavy atom. The maximum Gasteiger partial charge on any atom is 0.222 e. The number of morpholine rings is 1. The van der Waals surface area contributed by atoms with Crippen molar-refractivity contribution in [2.24, 2.45) is 0 Å². The highest BCUT2D eigenvalue weighted by Gasteiger charge is 2.21. The number of para-hydroxylation sites is 1. The Morgan fingerprint density at radius 1 is 1.10 bits per heavy atom. The van der Waals surface area contributed by atoms with Crippen LogP contribution in [-0.2, 0) is 4.74 Å². The van der Waals surface area contributed by atoms with Crippen LogP contribution in [-0.4, -0.2) is 36.3 Å². The van der Waals surface area contributed by atoms with Crippen molar-refractivity contribution in [3.05, 3.63) is 24.3 Å². The maximum atomic E-state index is 5.93. The minimum atomic E-state index is 0.269. The Hall–Kier alpha value is -2.34. The molecule has 3 aromatic rings. The number of hydrogen-bond acceptors (Lipinski definition) is 6. The van der Waals surface area contributed by atoms with Gasteiger partial charge in [-0.25, -0.2) is 4.98 Å². The van der Waals surface area contributed by atoms with Gasteiger partial charge < -0.3 is 19.8 Å². The number of benzene rings is 1. The van der Waals surface area contributed by atoms with Gasteiger partial charge in [0.25, 0.3) is 0 Å². The van der Waals surface area contributed by atoms with E-state index < -0.39 is 0 Å². The zero-order valence-corrected chi connectivity index (χ0v) is 10.9. The monoisotopic (exact) mass is 270 g/mol. The van der Waals surface area contributed by atoms with Gasteiger partial charge in [-0.1, -0.05) is 12.1 Å². The Bertz CT molecular complexity index is 777. The van der Waals surface area contributed by atoms with Gasteiger partial charge in [-0.3, -0.25) is 0 Å². The van der Waals surface area contributed by atoms with Crippen LogP contribution in [0.15, 0.2) is 28.7 Å². The van der Waals surface area contributed by atoms with Crippen LogP contribution in [0.3, 0.4) is 0 Å². The van der Waals surface area contributed by atoms with E-state index in [9.17, 15) is 0 Å². The number of nitrogen functional groups attached to an aromatic ring is 1. The topological polar surface area (TPSA) is 77.4 Å². The number of rotatable bonds is 1. The molecule has 102 valence electrons. The van der Waals surface area contributed by atoms with Crippen molar-refractivity contribution in [1.29, 1.82) is 0 Å². The van der Waals surface area contributed by atoms with Crippen molar-refractivity contribution in [1.82, 2.24) is 9.97 Å². The maximum absolute atomic E-state index is 5.93. The number of furan rings is 1. The van der Waals surface area contributed by atoms with E-state index in [4.69, 9.17) is 14.9 Å². The molecular weight excluding hydrogens is 256 g/mol. The molecule has 6 heteroatoms. The summed E-state index contributed by atoms with van der Waals surface area (Å²) < 4.78 is 11.3. The molecule has 1 aromatic carbocycles. The van der Waals surface area contributed by atoms with Crippen molar-refractivity contribution in [2.45, 2.75) is 0 Å². The Balaban J connectivity index is 1.99. The van der Waals surface area contributed by atoms with Crippen molar-refractivity contribution >= 4 is 33.8 Å².